The SMILES string of the molecule is CCOC(=O)NC(=O)c1ccsc1NC(=O)Cc1ccc(C)cc1C. The minimum atomic E-state index is -0.814. The fraction of sp³-hybridized carbons (Fsp3) is 0.278. The van der Waals surface area contributed by atoms with E-state index in [1.807, 2.05) is 32.0 Å². The van der Waals surface area contributed by atoms with Crippen molar-refractivity contribution >= 4 is 34.2 Å². The maximum absolute atomic E-state index is 12.3. The minimum absolute atomic E-state index is 0.169. The van der Waals surface area contributed by atoms with E-state index >= 15 is 0 Å². The number of hydrogen-bond acceptors (Lipinski definition) is 5. The lowest BCUT2D eigenvalue weighted by molar-refractivity contribution is -0.115. The van der Waals surface area contributed by atoms with Crippen molar-refractivity contribution in [2.45, 2.75) is 27.2 Å². The summed E-state index contributed by atoms with van der Waals surface area (Å²) in [7, 11) is 0. The monoisotopic (exact) mass is 360 g/mol. The summed E-state index contributed by atoms with van der Waals surface area (Å²) in [4.78, 5) is 35.7. The molecule has 25 heavy (non-hydrogen) atoms. The van der Waals surface area contributed by atoms with Gasteiger partial charge in [0.15, 0.2) is 0 Å². The lowest BCUT2D eigenvalue weighted by Gasteiger charge is -2.09. The summed E-state index contributed by atoms with van der Waals surface area (Å²) in [5.41, 5.74) is 3.34. The number of aryl methyl sites for hydroxylation is 2. The van der Waals surface area contributed by atoms with Crippen LogP contribution in [-0.4, -0.2) is 24.5 Å². The van der Waals surface area contributed by atoms with Gasteiger partial charge in [0.2, 0.25) is 5.91 Å². The zero-order valence-electron chi connectivity index (χ0n) is 14.3. The highest BCUT2D eigenvalue weighted by atomic mass is 32.1. The molecule has 0 aliphatic rings. The summed E-state index contributed by atoms with van der Waals surface area (Å²) in [6.07, 6.45) is -0.602. The topological polar surface area (TPSA) is 84.5 Å². The Hall–Kier alpha value is -2.67. The Labute approximate surface area is 150 Å². The van der Waals surface area contributed by atoms with Crippen LogP contribution in [-0.2, 0) is 16.0 Å². The second kappa shape index (κ2) is 8.43. The highest BCUT2D eigenvalue weighted by Gasteiger charge is 2.18. The van der Waals surface area contributed by atoms with Crippen molar-refractivity contribution in [3.63, 3.8) is 0 Å². The standard InChI is InChI=1S/C18H20N2O4S/c1-4-24-18(23)20-16(22)14-7-8-25-17(14)19-15(21)10-13-6-5-11(2)9-12(13)3/h5-9H,4,10H2,1-3H3,(H,19,21)(H,20,22,23). The molecular formula is C18H20N2O4S. The van der Waals surface area contributed by atoms with Gasteiger partial charge in [-0.15, -0.1) is 11.3 Å². The maximum atomic E-state index is 12.3. The van der Waals surface area contributed by atoms with Crippen LogP contribution in [0.5, 0.6) is 0 Å². The minimum Gasteiger partial charge on any atom is -0.450 e. The quantitative estimate of drug-likeness (QED) is 0.855. The van der Waals surface area contributed by atoms with Gasteiger partial charge in [0.05, 0.1) is 18.6 Å². The summed E-state index contributed by atoms with van der Waals surface area (Å²) in [6, 6.07) is 7.45. The van der Waals surface area contributed by atoms with Gasteiger partial charge in [-0.05, 0) is 43.3 Å². The lowest BCUT2D eigenvalue weighted by Crippen LogP contribution is -2.31. The number of hydrogen-bond donors (Lipinski definition) is 2. The van der Waals surface area contributed by atoms with Crippen molar-refractivity contribution in [2.75, 3.05) is 11.9 Å². The molecule has 0 atom stereocenters. The molecule has 1 aromatic heterocycles. The van der Waals surface area contributed by atoms with E-state index in [4.69, 9.17) is 0 Å². The Morgan fingerprint density at radius 1 is 1.16 bits per heavy atom. The maximum Gasteiger partial charge on any atom is 0.414 e. The average molecular weight is 360 g/mol. The van der Waals surface area contributed by atoms with Crippen molar-refractivity contribution in [3.05, 3.63) is 51.9 Å². The Bertz CT molecular complexity index is 798. The highest BCUT2D eigenvalue weighted by Crippen LogP contribution is 2.23. The number of alkyl carbamates (subject to hydrolysis) is 1. The molecule has 2 N–H and O–H groups in total. The largest absolute Gasteiger partial charge is 0.450 e. The van der Waals surface area contributed by atoms with E-state index in [2.05, 4.69) is 15.4 Å². The van der Waals surface area contributed by atoms with Crippen molar-refractivity contribution < 1.29 is 19.1 Å². The van der Waals surface area contributed by atoms with Crippen LogP contribution in [0.3, 0.4) is 0 Å². The highest BCUT2D eigenvalue weighted by molar-refractivity contribution is 7.14. The van der Waals surface area contributed by atoms with E-state index in [1.165, 1.54) is 11.3 Å². The van der Waals surface area contributed by atoms with Gasteiger partial charge in [-0.2, -0.15) is 0 Å². The molecule has 0 unspecified atom stereocenters. The molecule has 0 radical (unpaired) electrons. The Morgan fingerprint density at radius 2 is 1.92 bits per heavy atom. The first-order valence-electron chi connectivity index (χ1n) is 7.82. The number of amides is 3. The predicted molar refractivity (Wildman–Crippen MR) is 97.1 cm³/mol. The molecule has 132 valence electrons. The van der Waals surface area contributed by atoms with E-state index in [0.29, 0.717) is 5.00 Å². The molecule has 6 nitrogen and oxygen atoms in total. The molecule has 1 heterocycles. The third-order valence-corrected chi connectivity index (χ3v) is 4.33. The number of anilines is 1. The van der Waals surface area contributed by atoms with Crippen molar-refractivity contribution in [2.24, 2.45) is 0 Å². The Kier molecular flexibility index (Phi) is 6.30. The summed E-state index contributed by atoms with van der Waals surface area (Å²) >= 11 is 1.22. The van der Waals surface area contributed by atoms with E-state index in [1.54, 1.807) is 18.4 Å². The molecular weight excluding hydrogens is 340 g/mol. The van der Waals surface area contributed by atoms with Gasteiger partial charge >= 0.3 is 6.09 Å². The van der Waals surface area contributed by atoms with Crippen LogP contribution in [0.4, 0.5) is 9.80 Å². The van der Waals surface area contributed by atoms with Gasteiger partial charge in [-0.1, -0.05) is 23.8 Å². The number of ether oxygens (including phenoxy) is 1. The summed E-state index contributed by atoms with van der Waals surface area (Å²) < 4.78 is 4.68. The number of carbonyl (C=O) groups excluding carboxylic acids is 3. The fourth-order valence-corrected chi connectivity index (χ4v) is 3.10. The first kappa shape index (κ1) is 18.7. The molecule has 0 saturated heterocycles. The van der Waals surface area contributed by atoms with Gasteiger partial charge in [0.25, 0.3) is 5.91 Å². The van der Waals surface area contributed by atoms with Gasteiger partial charge in [-0.3, -0.25) is 14.9 Å². The van der Waals surface area contributed by atoms with Crippen LogP contribution in [0, 0.1) is 13.8 Å². The molecule has 0 fully saturated rings. The Balaban J connectivity index is 2.03. The van der Waals surface area contributed by atoms with E-state index in [9.17, 15) is 14.4 Å². The molecule has 0 spiro atoms. The second-order valence-electron chi connectivity index (χ2n) is 5.49. The zero-order valence-corrected chi connectivity index (χ0v) is 15.2. The number of carbonyl (C=O) groups is 3. The smallest absolute Gasteiger partial charge is 0.414 e. The lowest BCUT2D eigenvalue weighted by atomic mass is 10.0. The van der Waals surface area contributed by atoms with Crippen molar-refractivity contribution in [3.8, 4) is 0 Å². The van der Waals surface area contributed by atoms with Gasteiger partial charge in [0, 0.05) is 0 Å². The number of benzene rings is 1. The number of thiophene rings is 1. The molecule has 0 aliphatic carbocycles. The van der Waals surface area contributed by atoms with E-state index in [0.717, 1.165) is 16.7 Å². The molecule has 2 rings (SSSR count). The number of rotatable bonds is 5. The second-order valence-corrected chi connectivity index (χ2v) is 6.41. The number of nitrogens with one attached hydrogen (secondary N) is 2. The van der Waals surface area contributed by atoms with Crippen LogP contribution < -0.4 is 10.6 Å². The van der Waals surface area contributed by atoms with Crippen LogP contribution in [0.15, 0.2) is 29.6 Å². The predicted octanol–water partition coefficient (Wildman–Crippen LogP) is 3.43. The van der Waals surface area contributed by atoms with Crippen molar-refractivity contribution in [1.29, 1.82) is 0 Å². The van der Waals surface area contributed by atoms with Gasteiger partial charge in [-0.25, -0.2) is 4.79 Å². The first-order chi connectivity index (χ1) is 11.9. The summed E-state index contributed by atoms with van der Waals surface area (Å²) in [6.45, 7) is 5.77. The average Bonchev–Trinajstić information content (AvgIpc) is 2.98. The third-order valence-electron chi connectivity index (χ3n) is 3.50. The van der Waals surface area contributed by atoms with Gasteiger partial charge < -0.3 is 10.1 Å². The summed E-state index contributed by atoms with van der Waals surface area (Å²) in [5.74, 6) is -0.832. The van der Waals surface area contributed by atoms with Crippen molar-refractivity contribution in [1.82, 2.24) is 5.32 Å². The fourth-order valence-electron chi connectivity index (χ4n) is 2.30. The molecule has 0 saturated carbocycles. The summed E-state index contributed by atoms with van der Waals surface area (Å²) in [5, 5.41) is 6.92. The van der Waals surface area contributed by atoms with Gasteiger partial charge in [0.1, 0.15) is 5.00 Å². The van der Waals surface area contributed by atoms with Crippen LogP contribution in [0.25, 0.3) is 0 Å². The Morgan fingerprint density at radius 3 is 2.60 bits per heavy atom. The first-order valence-corrected chi connectivity index (χ1v) is 8.70. The van der Waals surface area contributed by atoms with Crippen LogP contribution >= 0.6 is 11.3 Å². The molecule has 0 bridgehead atoms. The molecule has 3 amide bonds. The molecule has 7 heteroatoms. The van der Waals surface area contributed by atoms with E-state index in [-0.39, 0.29) is 24.5 Å². The van der Waals surface area contributed by atoms with E-state index < -0.39 is 12.0 Å². The van der Waals surface area contributed by atoms with Crippen LogP contribution in [0.1, 0.15) is 34.0 Å². The normalized spacial score (nSPS) is 10.2. The molecule has 0 aliphatic heterocycles. The third kappa shape index (κ3) is 5.15. The van der Waals surface area contributed by atoms with Crippen LogP contribution in [0.2, 0.25) is 0 Å². The number of imide groups is 1. The zero-order chi connectivity index (χ0) is 18.4. The molecule has 2 aromatic rings. The molecule has 1 aromatic carbocycles.